The molecule has 2 rings (SSSR count). The maximum absolute atomic E-state index is 11.2. The topological polar surface area (TPSA) is 65.0 Å². The van der Waals surface area contributed by atoms with Gasteiger partial charge in [0.25, 0.3) is 0 Å². The molecule has 2 heterocycles. The molecule has 0 aromatic carbocycles. The van der Waals surface area contributed by atoms with Gasteiger partial charge in [0.2, 0.25) is 5.82 Å². The maximum Gasteiger partial charge on any atom is 0.376 e. The highest BCUT2D eigenvalue weighted by molar-refractivity contribution is 5.85. The molecule has 80 valence electrons. The number of esters is 1. The Morgan fingerprint density at radius 1 is 1.19 bits per heavy atom. The molecule has 0 spiro atoms. The summed E-state index contributed by atoms with van der Waals surface area (Å²) in [7, 11) is 1.30. The van der Waals surface area contributed by atoms with E-state index in [1.165, 1.54) is 13.3 Å². The lowest BCUT2D eigenvalue weighted by atomic mass is 10.2. The van der Waals surface area contributed by atoms with E-state index in [-0.39, 0.29) is 5.82 Å². The second-order valence-electron chi connectivity index (χ2n) is 2.99. The molecule has 16 heavy (non-hydrogen) atoms. The second kappa shape index (κ2) is 4.48. The number of aromatic nitrogens is 3. The molecule has 2 aromatic rings. The number of hydrogen-bond donors (Lipinski definition) is 0. The van der Waals surface area contributed by atoms with Gasteiger partial charge in [-0.1, -0.05) is 0 Å². The van der Waals surface area contributed by atoms with E-state index in [0.29, 0.717) is 5.69 Å². The quantitative estimate of drug-likeness (QED) is 0.707. The van der Waals surface area contributed by atoms with Crippen LogP contribution in [0.25, 0.3) is 11.3 Å². The third kappa shape index (κ3) is 2.03. The normalized spacial score (nSPS) is 9.81. The minimum atomic E-state index is -0.545. The van der Waals surface area contributed by atoms with Gasteiger partial charge in [-0.3, -0.25) is 4.98 Å². The van der Waals surface area contributed by atoms with Crippen molar-refractivity contribution in [3.8, 4) is 11.3 Å². The van der Waals surface area contributed by atoms with Gasteiger partial charge in [0.15, 0.2) is 0 Å². The zero-order valence-corrected chi connectivity index (χ0v) is 8.62. The van der Waals surface area contributed by atoms with E-state index in [1.807, 2.05) is 12.1 Å². The smallest absolute Gasteiger partial charge is 0.376 e. The molecule has 0 fully saturated rings. The lowest BCUT2D eigenvalue weighted by molar-refractivity contribution is 0.0587. The molecule has 0 N–H and O–H groups in total. The molecule has 0 aliphatic rings. The molecule has 5 heteroatoms. The van der Waals surface area contributed by atoms with E-state index in [1.54, 1.807) is 18.5 Å². The van der Waals surface area contributed by atoms with Gasteiger partial charge >= 0.3 is 5.97 Å². The van der Waals surface area contributed by atoms with Gasteiger partial charge in [0.05, 0.1) is 12.8 Å². The van der Waals surface area contributed by atoms with E-state index in [9.17, 15) is 4.79 Å². The van der Waals surface area contributed by atoms with Gasteiger partial charge in [0, 0.05) is 24.2 Å². The van der Waals surface area contributed by atoms with E-state index in [4.69, 9.17) is 0 Å². The summed E-state index contributed by atoms with van der Waals surface area (Å²) < 4.78 is 4.55. The van der Waals surface area contributed by atoms with Crippen molar-refractivity contribution in [1.82, 2.24) is 15.0 Å². The summed E-state index contributed by atoms with van der Waals surface area (Å²) in [5.74, 6) is -0.493. The number of ether oxygens (including phenoxy) is 1. The van der Waals surface area contributed by atoms with Crippen LogP contribution in [0.5, 0.6) is 0 Å². The molecule has 0 bridgehead atoms. The molecular formula is C11H9N3O2. The summed E-state index contributed by atoms with van der Waals surface area (Å²) in [5.41, 5.74) is 1.54. The van der Waals surface area contributed by atoms with Crippen molar-refractivity contribution in [2.45, 2.75) is 0 Å². The molecule has 0 radical (unpaired) electrons. The summed E-state index contributed by atoms with van der Waals surface area (Å²) in [6, 6.07) is 5.34. The van der Waals surface area contributed by atoms with Crippen molar-refractivity contribution >= 4 is 5.97 Å². The van der Waals surface area contributed by atoms with Crippen molar-refractivity contribution in [3.63, 3.8) is 0 Å². The maximum atomic E-state index is 11.2. The van der Waals surface area contributed by atoms with Crippen LogP contribution in [0, 0.1) is 0 Å². The Morgan fingerprint density at radius 3 is 2.62 bits per heavy atom. The Hall–Kier alpha value is -2.30. The molecule has 0 amide bonds. The fraction of sp³-hybridized carbons (Fsp3) is 0.0909. The van der Waals surface area contributed by atoms with Crippen LogP contribution in [0.15, 0.2) is 36.8 Å². The summed E-state index contributed by atoms with van der Waals surface area (Å²) in [6.45, 7) is 0. The van der Waals surface area contributed by atoms with Crippen LogP contribution in [-0.2, 0) is 4.74 Å². The van der Waals surface area contributed by atoms with E-state index >= 15 is 0 Å². The number of nitrogens with zero attached hydrogens (tertiary/aromatic N) is 3. The molecule has 0 saturated heterocycles. The number of methoxy groups -OCH3 is 1. The van der Waals surface area contributed by atoms with Crippen LogP contribution >= 0.6 is 0 Å². The highest BCUT2D eigenvalue weighted by Crippen LogP contribution is 2.14. The fourth-order valence-corrected chi connectivity index (χ4v) is 1.23. The van der Waals surface area contributed by atoms with Gasteiger partial charge in [-0.05, 0) is 18.2 Å². The van der Waals surface area contributed by atoms with Crippen molar-refractivity contribution in [2.24, 2.45) is 0 Å². The van der Waals surface area contributed by atoms with Crippen LogP contribution < -0.4 is 0 Å². The molecule has 2 aromatic heterocycles. The lowest BCUT2D eigenvalue weighted by Gasteiger charge is -2.01. The number of carbonyl (C=O) groups is 1. The zero-order valence-electron chi connectivity index (χ0n) is 8.62. The largest absolute Gasteiger partial charge is 0.463 e. The average molecular weight is 215 g/mol. The number of carbonyl (C=O) groups excluding carboxylic acids is 1. The zero-order chi connectivity index (χ0) is 11.4. The first-order valence-electron chi connectivity index (χ1n) is 4.63. The van der Waals surface area contributed by atoms with Crippen LogP contribution in [0.3, 0.4) is 0 Å². The molecular weight excluding hydrogens is 206 g/mol. The van der Waals surface area contributed by atoms with E-state index in [2.05, 4.69) is 19.7 Å². The molecule has 0 aliphatic heterocycles. The van der Waals surface area contributed by atoms with E-state index in [0.717, 1.165) is 5.56 Å². The first kappa shape index (κ1) is 10.2. The molecule has 0 atom stereocenters. The monoisotopic (exact) mass is 215 g/mol. The number of pyridine rings is 1. The third-order valence-electron chi connectivity index (χ3n) is 2.00. The van der Waals surface area contributed by atoms with Crippen LogP contribution in [0.4, 0.5) is 0 Å². The predicted octanol–water partition coefficient (Wildman–Crippen LogP) is 1.33. The molecule has 0 aliphatic carbocycles. The predicted molar refractivity (Wildman–Crippen MR) is 56.6 cm³/mol. The highest BCUT2D eigenvalue weighted by Gasteiger charge is 2.09. The van der Waals surface area contributed by atoms with Crippen molar-refractivity contribution in [2.75, 3.05) is 7.11 Å². The first-order chi connectivity index (χ1) is 7.81. The summed E-state index contributed by atoms with van der Waals surface area (Å²) >= 11 is 0. The van der Waals surface area contributed by atoms with E-state index < -0.39 is 5.97 Å². The number of rotatable bonds is 2. The summed E-state index contributed by atoms with van der Waals surface area (Å²) in [5, 5.41) is 0. The van der Waals surface area contributed by atoms with Crippen LogP contribution in [0.1, 0.15) is 10.6 Å². The SMILES string of the molecule is COC(=O)c1nccc(-c2ccncc2)n1. The third-order valence-corrected chi connectivity index (χ3v) is 2.00. The van der Waals surface area contributed by atoms with Gasteiger partial charge in [-0.25, -0.2) is 14.8 Å². The Bertz CT molecular complexity index is 500. The van der Waals surface area contributed by atoms with Crippen molar-refractivity contribution in [3.05, 3.63) is 42.6 Å². The Balaban J connectivity index is 2.40. The molecule has 5 nitrogen and oxygen atoms in total. The summed E-state index contributed by atoms with van der Waals surface area (Å²) in [6.07, 6.45) is 4.85. The minimum Gasteiger partial charge on any atom is -0.463 e. The average Bonchev–Trinajstić information content (AvgIpc) is 2.39. The highest BCUT2D eigenvalue weighted by atomic mass is 16.5. The Morgan fingerprint density at radius 2 is 1.94 bits per heavy atom. The van der Waals surface area contributed by atoms with Crippen LogP contribution in [0.2, 0.25) is 0 Å². The first-order valence-corrected chi connectivity index (χ1v) is 4.63. The lowest BCUT2D eigenvalue weighted by Crippen LogP contribution is -2.07. The van der Waals surface area contributed by atoms with Gasteiger partial charge in [-0.2, -0.15) is 0 Å². The summed E-state index contributed by atoms with van der Waals surface area (Å²) in [4.78, 5) is 23.1. The molecule has 0 saturated carbocycles. The second-order valence-corrected chi connectivity index (χ2v) is 2.99. The number of hydrogen-bond acceptors (Lipinski definition) is 5. The molecule has 0 unspecified atom stereocenters. The van der Waals surface area contributed by atoms with Crippen molar-refractivity contribution in [1.29, 1.82) is 0 Å². The Labute approximate surface area is 92.2 Å². The van der Waals surface area contributed by atoms with Crippen LogP contribution in [-0.4, -0.2) is 28.0 Å². The van der Waals surface area contributed by atoms with Gasteiger partial charge in [0.1, 0.15) is 0 Å². The minimum absolute atomic E-state index is 0.0526. The van der Waals surface area contributed by atoms with Gasteiger partial charge in [-0.15, -0.1) is 0 Å². The Kier molecular flexibility index (Phi) is 2.86. The standard InChI is InChI=1S/C11H9N3O2/c1-16-11(15)10-13-7-4-9(14-10)8-2-5-12-6-3-8/h2-7H,1H3. The fourth-order valence-electron chi connectivity index (χ4n) is 1.23. The van der Waals surface area contributed by atoms with Gasteiger partial charge < -0.3 is 4.74 Å². The van der Waals surface area contributed by atoms with Crippen molar-refractivity contribution < 1.29 is 9.53 Å².